The molecule has 8 nitrogen and oxygen atoms in total. The number of benzene rings is 1. The minimum absolute atomic E-state index is 0.00871. The highest BCUT2D eigenvalue weighted by molar-refractivity contribution is 5.80. The van der Waals surface area contributed by atoms with Crippen LogP contribution in [-0.4, -0.2) is 41.1 Å². The summed E-state index contributed by atoms with van der Waals surface area (Å²) >= 11 is 0. The molecule has 24 heavy (non-hydrogen) atoms. The van der Waals surface area contributed by atoms with Crippen LogP contribution in [0.5, 0.6) is 0 Å². The Morgan fingerprint density at radius 3 is 2.71 bits per heavy atom. The van der Waals surface area contributed by atoms with Gasteiger partial charge in [-0.25, -0.2) is 4.98 Å². The minimum atomic E-state index is -0.292. The Morgan fingerprint density at radius 1 is 1.08 bits per heavy atom. The normalized spacial score (nSPS) is 11.4. The lowest BCUT2D eigenvalue weighted by molar-refractivity contribution is 0.279. The number of aryl methyl sites for hydroxylation is 1. The molecule has 0 saturated carbocycles. The molecule has 4 rings (SSSR count). The van der Waals surface area contributed by atoms with Crippen molar-refractivity contribution in [2.75, 3.05) is 6.61 Å². The lowest BCUT2D eigenvalue weighted by atomic mass is 10.1. The topological polar surface area (TPSA) is 98.2 Å². The molecule has 120 valence electrons. The molecule has 0 atom stereocenters. The van der Waals surface area contributed by atoms with E-state index < -0.39 is 0 Å². The summed E-state index contributed by atoms with van der Waals surface area (Å²) in [7, 11) is 0. The van der Waals surface area contributed by atoms with Gasteiger partial charge in [-0.05, 0) is 12.0 Å². The van der Waals surface area contributed by atoms with Crippen LogP contribution in [0.2, 0.25) is 0 Å². The van der Waals surface area contributed by atoms with E-state index in [4.69, 9.17) is 5.11 Å². The molecule has 0 fully saturated rings. The van der Waals surface area contributed by atoms with Crippen molar-refractivity contribution in [1.82, 2.24) is 29.4 Å². The van der Waals surface area contributed by atoms with Crippen LogP contribution in [0.3, 0.4) is 0 Å². The lowest BCUT2D eigenvalue weighted by Crippen LogP contribution is -2.23. The van der Waals surface area contributed by atoms with E-state index >= 15 is 0 Å². The van der Waals surface area contributed by atoms with Crippen LogP contribution in [0.15, 0.2) is 47.7 Å². The quantitative estimate of drug-likeness (QED) is 0.599. The summed E-state index contributed by atoms with van der Waals surface area (Å²) in [6.45, 7) is 0.390. The fourth-order valence-corrected chi connectivity index (χ4v) is 2.62. The van der Waals surface area contributed by atoms with E-state index in [0.29, 0.717) is 24.3 Å². The van der Waals surface area contributed by atoms with Gasteiger partial charge in [0.1, 0.15) is 6.33 Å². The zero-order valence-electron chi connectivity index (χ0n) is 12.7. The first-order valence-electron chi connectivity index (χ1n) is 7.55. The Kier molecular flexibility index (Phi) is 3.51. The standard InChI is InChI=1S/C16H14N6O2/c23-8-4-7-21-10-17-15-13(16(21)24)19-20-14-12(9-18-22(14)15)11-5-2-1-3-6-11/h1-3,5-6,9-10,23H,4,7-8H2. The summed E-state index contributed by atoms with van der Waals surface area (Å²) in [4.78, 5) is 16.8. The second-order valence-electron chi connectivity index (χ2n) is 5.35. The van der Waals surface area contributed by atoms with Gasteiger partial charge in [0.2, 0.25) is 0 Å². The summed E-state index contributed by atoms with van der Waals surface area (Å²) in [6.07, 6.45) is 3.62. The average Bonchev–Trinajstić information content (AvgIpc) is 3.06. The van der Waals surface area contributed by atoms with E-state index in [1.165, 1.54) is 15.4 Å². The van der Waals surface area contributed by atoms with E-state index in [2.05, 4.69) is 20.3 Å². The molecular formula is C16H14N6O2. The lowest BCUT2D eigenvalue weighted by Gasteiger charge is -2.05. The Labute approximate surface area is 136 Å². The number of rotatable bonds is 4. The molecule has 0 bridgehead atoms. The average molecular weight is 322 g/mol. The van der Waals surface area contributed by atoms with E-state index in [1.807, 2.05) is 30.3 Å². The number of hydrogen-bond donors (Lipinski definition) is 1. The molecule has 3 aromatic heterocycles. The van der Waals surface area contributed by atoms with Gasteiger partial charge in [0, 0.05) is 18.7 Å². The van der Waals surface area contributed by atoms with Crippen molar-refractivity contribution in [3.63, 3.8) is 0 Å². The molecule has 0 aliphatic heterocycles. The number of hydrogen-bond acceptors (Lipinski definition) is 6. The predicted molar refractivity (Wildman–Crippen MR) is 87.5 cm³/mol. The molecule has 1 N–H and O–H groups in total. The predicted octanol–water partition coefficient (Wildman–Crippen LogP) is 0.884. The van der Waals surface area contributed by atoms with Gasteiger partial charge in [-0.3, -0.25) is 9.36 Å². The summed E-state index contributed by atoms with van der Waals surface area (Å²) in [6, 6.07) is 9.73. The molecule has 0 saturated heterocycles. The number of aromatic nitrogens is 6. The van der Waals surface area contributed by atoms with E-state index in [0.717, 1.165) is 11.1 Å². The third-order valence-corrected chi connectivity index (χ3v) is 3.83. The molecule has 0 aliphatic carbocycles. The minimum Gasteiger partial charge on any atom is -0.396 e. The van der Waals surface area contributed by atoms with Crippen molar-refractivity contribution in [2.24, 2.45) is 0 Å². The number of aliphatic hydroxyl groups is 1. The van der Waals surface area contributed by atoms with E-state index in [1.54, 1.807) is 6.20 Å². The van der Waals surface area contributed by atoms with Crippen LogP contribution in [0.1, 0.15) is 6.42 Å². The highest BCUT2D eigenvalue weighted by Gasteiger charge is 2.14. The number of nitrogens with zero attached hydrogens (tertiary/aromatic N) is 6. The SMILES string of the molecule is O=c1c2nnc3c(-c4ccccc4)cnn3c2ncn1CCCO. The van der Waals surface area contributed by atoms with Gasteiger partial charge in [-0.15, -0.1) is 10.2 Å². The maximum absolute atomic E-state index is 12.5. The van der Waals surface area contributed by atoms with Crippen LogP contribution in [-0.2, 0) is 6.54 Å². The van der Waals surface area contributed by atoms with Crippen molar-refractivity contribution < 1.29 is 5.11 Å². The maximum Gasteiger partial charge on any atom is 0.283 e. The fourth-order valence-electron chi connectivity index (χ4n) is 2.62. The smallest absolute Gasteiger partial charge is 0.283 e. The van der Waals surface area contributed by atoms with Crippen molar-refractivity contribution in [3.8, 4) is 11.1 Å². The van der Waals surface area contributed by atoms with Gasteiger partial charge in [-0.1, -0.05) is 30.3 Å². The zero-order chi connectivity index (χ0) is 16.5. The third kappa shape index (κ3) is 2.24. The third-order valence-electron chi connectivity index (χ3n) is 3.83. The molecule has 0 unspecified atom stereocenters. The molecule has 0 radical (unpaired) electrons. The fraction of sp³-hybridized carbons (Fsp3) is 0.188. The van der Waals surface area contributed by atoms with E-state index in [-0.39, 0.29) is 17.7 Å². The first kappa shape index (κ1) is 14.5. The van der Waals surface area contributed by atoms with Crippen molar-refractivity contribution in [1.29, 1.82) is 0 Å². The Hall–Kier alpha value is -3.13. The second kappa shape index (κ2) is 5.82. The maximum atomic E-state index is 12.5. The molecule has 0 spiro atoms. The zero-order valence-corrected chi connectivity index (χ0v) is 12.7. The monoisotopic (exact) mass is 322 g/mol. The summed E-state index contributed by atoms with van der Waals surface area (Å²) in [5.41, 5.74) is 2.58. The first-order chi connectivity index (χ1) is 11.8. The molecule has 8 heteroatoms. The van der Waals surface area contributed by atoms with Crippen LogP contribution in [0.4, 0.5) is 0 Å². The summed E-state index contributed by atoms with van der Waals surface area (Å²) in [5.74, 6) is 0. The highest BCUT2D eigenvalue weighted by atomic mass is 16.3. The number of aliphatic hydroxyl groups excluding tert-OH is 1. The second-order valence-corrected chi connectivity index (χ2v) is 5.35. The number of fused-ring (bicyclic) bond motifs is 3. The molecule has 4 aromatic rings. The largest absolute Gasteiger partial charge is 0.396 e. The van der Waals surface area contributed by atoms with Crippen molar-refractivity contribution >= 4 is 16.8 Å². The Balaban J connectivity index is 1.92. The summed E-state index contributed by atoms with van der Waals surface area (Å²) in [5, 5.41) is 21.5. The van der Waals surface area contributed by atoms with Gasteiger partial charge < -0.3 is 5.11 Å². The van der Waals surface area contributed by atoms with Gasteiger partial charge >= 0.3 is 0 Å². The Morgan fingerprint density at radius 2 is 1.92 bits per heavy atom. The molecule has 0 aliphatic rings. The van der Waals surface area contributed by atoms with Gasteiger partial charge in [0.15, 0.2) is 16.8 Å². The van der Waals surface area contributed by atoms with Crippen LogP contribution in [0, 0.1) is 0 Å². The Bertz CT molecular complexity index is 1070. The van der Waals surface area contributed by atoms with Gasteiger partial charge in [-0.2, -0.15) is 9.61 Å². The molecule has 1 aromatic carbocycles. The molecule has 3 heterocycles. The van der Waals surface area contributed by atoms with Crippen LogP contribution < -0.4 is 5.56 Å². The van der Waals surface area contributed by atoms with Crippen molar-refractivity contribution in [3.05, 3.63) is 53.2 Å². The molecular weight excluding hydrogens is 308 g/mol. The summed E-state index contributed by atoms with van der Waals surface area (Å²) < 4.78 is 2.95. The molecule has 0 amide bonds. The van der Waals surface area contributed by atoms with Crippen LogP contribution in [0.25, 0.3) is 27.9 Å². The first-order valence-corrected chi connectivity index (χ1v) is 7.55. The van der Waals surface area contributed by atoms with Crippen molar-refractivity contribution in [2.45, 2.75) is 13.0 Å². The van der Waals surface area contributed by atoms with Crippen LogP contribution >= 0.6 is 0 Å². The highest BCUT2D eigenvalue weighted by Crippen LogP contribution is 2.23. The van der Waals surface area contributed by atoms with Gasteiger partial charge in [0.25, 0.3) is 5.56 Å². The van der Waals surface area contributed by atoms with Gasteiger partial charge in [0.05, 0.1) is 6.20 Å². The van der Waals surface area contributed by atoms with E-state index in [9.17, 15) is 4.79 Å².